The zero-order valence-electron chi connectivity index (χ0n) is 41.8. The van der Waals surface area contributed by atoms with Crippen molar-refractivity contribution in [3.63, 3.8) is 0 Å². The van der Waals surface area contributed by atoms with Gasteiger partial charge in [-0.15, -0.1) is 5.10 Å². The van der Waals surface area contributed by atoms with Crippen LogP contribution in [0.2, 0.25) is 0 Å². The van der Waals surface area contributed by atoms with Crippen LogP contribution >= 0.6 is 0 Å². The van der Waals surface area contributed by atoms with Gasteiger partial charge in [0.25, 0.3) is 0 Å². The summed E-state index contributed by atoms with van der Waals surface area (Å²) in [7, 11) is 0. The zero-order valence-corrected chi connectivity index (χ0v) is 41.8. The number of anilines is 1. The van der Waals surface area contributed by atoms with Gasteiger partial charge in [-0.3, -0.25) is 4.68 Å². The van der Waals surface area contributed by atoms with Crippen molar-refractivity contribution in [1.29, 1.82) is 0 Å². The smallest absolute Gasteiger partial charge is 0.182 e. The van der Waals surface area contributed by atoms with Crippen LogP contribution in [0.15, 0.2) is 237 Å². The Labute approximate surface area is 434 Å². The van der Waals surface area contributed by atoms with Crippen LogP contribution in [-0.4, -0.2) is 42.3 Å². The SMILES string of the molecule is C(/CN[C@H]1CC[C@H](c2ccccc2)CC1)=C(/c1cnn(CC2CCC2)c1)c1cc(NC(c2ccccc2)(c2ccccc2)c2ccccc2)nc2c1nnn2C(c1ccccc1)(c1ccccc1)c1ccccc1. The van der Waals surface area contributed by atoms with Crippen molar-refractivity contribution >= 4 is 22.6 Å². The van der Waals surface area contributed by atoms with Gasteiger partial charge in [0, 0.05) is 36.5 Å². The van der Waals surface area contributed by atoms with Crippen LogP contribution in [0.5, 0.6) is 0 Å². The van der Waals surface area contributed by atoms with E-state index in [0.717, 1.165) is 69.5 Å². The third-order valence-corrected chi connectivity index (χ3v) is 15.9. The predicted octanol–water partition coefficient (Wildman–Crippen LogP) is 13.8. The molecule has 8 nitrogen and oxygen atoms in total. The van der Waals surface area contributed by atoms with Crippen molar-refractivity contribution in [2.24, 2.45) is 5.92 Å². The highest BCUT2D eigenvalue weighted by molar-refractivity contribution is 5.94. The van der Waals surface area contributed by atoms with Crippen molar-refractivity contribution in [3.05, 3.63) is 287 Å². The lowest BCUT2D eigenvalue weighted by Gasteiger charge is -2.38. The Bertz CT molecular complexity index is 3230. The van der Waals surface area contributed by atoms with Crippen LogP contribution in [0.3, 0.4) is 0 Å². The molecule has 2 N–H and O–H groups in total. The predicted molar refractivity (Wildman–Crippen MR) is 299 cm³/mol. The Hall–Kier alpha value is -8.20. The van der Waals surface area contributed by atoms with Crippen molar-refractivity contribution < 1.29 is 0 Å². The van der Waals surface area contributed by atoms with Gasteiger partial charge < -0.3 is 10.6 Å². The summed E-state index contributed by atoms with van der Waals surface area (Å²) in [6, 6.07) is 78.0. The standard InChI is InChI=1S/C66H62N8/c1-8-25-50(26-9-1)51-39-41-59(42-40-51)67-44-43-60(52-46-68-73(48-52)47-49-23-22-24-49)61-45-62(70-65(53-27-10-2-11-28-53,54-29-12-3-13-30-54)55-31-14-4-15-32-55)69-64-63(61)71-72-74(64)66(56-33-16-5-17-34-56,57-35-18-6-19-36-57)58-37-20-7-21-38-58/h1-21,25-38,43,45-46,48-49,51,59,67H,22-24,39-42,44,47H2,(H,69,70)/b60-43+/t51-,59-. The fraction of sp³-hybridized carbons (Fsp3) is 0.212. The zero-order chi connectivity index (χ0) is 49.6. The summed E-state index contributed by atoms with van der Waals surface area (Å²) in [5.74, 6) is 1.93. The molecule has 2 saturated carbocycles. The molecular weight excluding hydrogens is 905 g/mol. The fourth-order valence-electron chi connectivity index (χ4n) is 11.9. The maximum atomic E-state index is 5.79. The second-order valence-electron chi connectivity index (χ2n) is 20.2. The molecule has 8 heteroatoms. The number of benzene rings is 7. The topological polar surface area (TPSA) is 85.5 Å². The van der Waals surface area contributed by atoms with E-state index in [1.165, 1.54) is 37.7 Å². The van der Waals surface area contributed by atoms with E-state index >= 15 is 0 Å². The number of hydrogen-bond donors (Lipinski definition) is 2. The molecule has 0 spiro atoms. The molecule has 2 aliphatic rings. The Balaban J connectivity index is 1.08. The van der Waals surface area contributed by atoms with Crippen molar-refractivity contribution in [2.45, 2.75) is 74.5 Å². The van der Waals surface area contributed by atoms with Crippen LogP contribution in [0.25, 0.3) is 16.7 Å². The van der Waals surface area contributed by atoms with Crippen LogP contribution < -0.4 is 10.6 Å². The molecule has 3 aromatic heterocycles. The van der Waals surface area contributed by atoms with Gasteiger partial charge in [0.2, 0.25) is 0 Å². The van der Waals surface area contributed by atoms with Gasteiger partial charge in [-0.25, -0.2) is 9.67 Å². The Morgan fingerprint density at radius 1 is 0.568 bits per heavy atom. The minimum absolute atomic E-state index is 0.413. The lowest BCUT2D eigenvalue weighted by atomic mass is 9.77. The number of fused-ring (bicyclic) bond motifs is 1. The van der Waals surface area contributed by atoms with E-state index in [-0.39, 0.29) is 0 Å². The molecule has 2 aliphatic carbocycles. The minimum atomic E-state index is -0.978. The average Bonchev–Trinajstić information content (AvgIpc) is 4.13. The molecule has 0 saturated heterocycles. The molecule has 10 aromatic rings. The number of pyridine rings is 1. The summed E-state index contributed by atoms with van der Waals surface area (Å²) < 4.78 is 4.23. The van der Waals surface area contributed by atoms with E-state index in [0.29, 0.717) is 41.4 Å². The van der Waals surface area contributed by atoms with Crippen molar-refractivity contribution in [3.8, 4) is 0 Å². The number of nitrogens with zero attached hydrogens (tertiary/aromatic N) is 6. The second-order valence-corrected chi connectivity index (χ2v) is 20.2. The van der Waals surface area contributed by atoms with Crippen LogP contribution in [-0.2, 0) is 17.6 Å². The molecule has 3 heterocycles. The van der Waals surface area contributed by atoms with Gasteiger partial charge >= 0.3 is 0 Å². The fourth-order valence-corrected chi connectivity index (χ4v) is 11.9. The lowest BCUT2D eigenvalue weighted by molar-refractivity contribution is 0.266. The molecule has 0 bridgehead atoms. The van der Waals surface area contributed by atoms with E-state index in [2.05, 4.69) is 251 Å². The number of rotatable bonds is 17. The van der Waals surface area contributed by atoms with Gasteiger partial charge in [0.15, 0.2) is 5.65 Å². The van der Waals surface area contributed by atoms with Crippen LogP contribution in [0.4, 0.5) is 5.82 Å². The van der Waals surface area contributed by atoms with Gasteiger partial charge in [-0.2, -0.15) is 5.10 Å². The lowest BCUT2D eigenvalue weighted by Crippen LogP contribution is -2.39. The van der Waals surface area contributed by atoms with E-state index in [4.69, 9.17) is 20.4 Å². The molecule has 0 amide bonds. The number of aromatic nitrogens is 6. The second kappa shape index (κ2) is 21.1. The summed E-state index contributed by atoms with van der Waals surface area (Å²) in [6.07, 6.45) is 15.0. The Kier molecular flexibility index (Phi) is 13.4. The molecule has 0 aliphatic heterocycles. The number of hydrogen-bond acceptors (Lipinski definition) is 6. The molecule has 74 heavy (non-hydrogen) atoms. The van der Waals surface area contributed by atoms with Crippen molar-refractivity contribution in [2.75, 3.05) is 11.9 Å². The van der Waals surface area contributed by atoms with Gasteiger partial charge in [0.05, 0.1) is 6.20 Å². The monoisotopic (exact) mass is 967 g/mol. The molecule has 366 valence electrons. The highest BCUT2D eigenvalue weighted by atomic mass is 15.5. The average molecular weight is 967 g/mol. The molecule has 0 atom stereocenters. The van der Waals surface area contributed by atoms with Gasteiger partial charge in [-0.05, 0) is 101 Å². The Morgan fingerprint density at radius 2 is 1.05 bits per heavy atom. The summed E-state index contributed by atoms with van der Waals surface area (Å²) in [5, 5.41) is 23.8. The molecule has 0 unspecified atom stereocenters. The summed E-state index contributed by atoms with van der Waals surface area (Å²) >= 11 is 0. The summed E-state index contributed by atoms with van der Waals surface area (Å²) in [6.45, 7) is 1.58. The third kappa shape index (κ3) is 9.04. The third-order valence-electron chi connectivity index (χ3n) is 15.9. The van der Waals surface area contributed by atoms with E-state index in [9.17, 15) is 0 Å². The first kappa shape index (κ1) is 46.8. The van der Waals surface area contributed by atoms with E-state index in [1.807, 2.05) is 6.20 Å². The van der Waals surface area contributed by atoms with E-state index in [1.54, 1.807) is 0 Å². The maximum absolute atomic E-state index is 5.79. The van der Waals surface area contributed by atoms with Gasteiger partial charge in [-0.1, -0.05) is 230 Å². The first-order valence-corrected chi connectivity index (χ1v) is 26.6. The summed E-state index contributed by atoms with van der Waals surface area (Å²) in [5.41, 5.74) is 10.3. The molecule has 2 fully saturated rings. The van der Waals surface area contributed by atoms with Crippen LogP contribution in [0.1, 0.15) is 101 Å². The molecule has 0 radical (unpaired) electrons. The number of nitrogens with one attached hydrogen (secondary N) is 2. The highest BCUT2D eigenvalue weighted by Gasteiger charge is 2.43. The first-order chi connectivity index (χ1) is 36.7. The normalized spacial score (nSPS) is 16.5. The first-order valence-electron chi connectivity index (χ1n) is 26.6. The quantitative estimate of drug-likeness (QED) is 0.0885. The molecular formula is C66H62N8. The van der Waals surface area contributed by atoms with Crippen molar-refractivity contribution in [1.82, 2.24) is 35.1 Å². The van der Waals surface area contributed by atoms with Gasteiger partial charge in [0.1, 0.15) is 22.4 Å². The van der Waals surface area contributed by atoms with E-state index < -0.39 is 11.1 Å². The maximum Gasteiger partial charge on any atom is 0.182 e. The minimum Gasteiger partial charge on any atom is -0.353 e. The summed E-state index contributed by atoms with van der Waals surface area (Å²) in [4.78, 5) is 5.79. The largest absolute Gasteiger partial charge is 0.353 e. The Morgan fingerprint density at radius 3 is 1.54 bits per heavy atom. The molecule has 12 rings (SSSR count). The van der Waals surface area contributed by atoms with Crippen LogP contribution in [0, 0.1) is 5.92 Å². The molecule has 7 aromatic carbocycles. The highest BCUT2D eigenvalue weighted by Crippen LogP contribution is 2.45.